The molecule has 2 atom stereocenters. The number of halogens is 4. The molecule has 1 aromatic heterocycles. The van der Waals surface area contributed by atoms with E-state index in [0.29, 0.717) is 53.3 Å². The Hall–Kier alpha value is -4.40. The Bertz CT molecular complexity index is 2410. The lowest BCUT2D eigenvalue weighted by Gasteiger charge is -2.43. The topological polar surface area (TPSA) is 92.7 Å². The van der Waals surface area contributed by atoms with Crippen molar-refractivity contribution in [2.24, 2.45) is 5.92 Å². The van der Waals surface area contributed by atoms with Crippen molar-refractivity contribution in [3.63, 3.8) is 0 Å². The highest BCUT2D eigenvalue weighted by Crippen LogP contribution is 2.41. The van der Waals surface area contributed by atoms with Crippen molar-refractivity contribution in [1.29, 1.82) is 0 Å². The zero-order valence-electron chi connectivity index (χ0n) is 39.5. The number of phenols is 1. The Balaban J connectivity index is 1.09. The zero-order chi connectivity index (χ0) is 48.4. The third-order valence-corrected chi connectivity index (χ3v) is 18.4. The quantitative estimate of drug-likeness (QED) is 0.0541. The van der Waals surface area contributed by atoms with Gasteiger partial charge in [-0.1, -0.05) is 121 Å². The second kappa shape index (κ2) is 22.8. The second-order valence-corrected chi connectivity index (χ2v) is 25.2. The second-order valence-electron chi connectivity index (χ2n) is 19.0. The van der Waals surface area contributed by atoms with Crippen molar-refractivity contribution in [3.05, 3.63) is 112 Å². The molecule has 6 rings (SSSR count). The molecular weight excluding hydrogens is 960 g/mol. The predicted molar refractivity (Wildman–Crippen MR) is 271 cm³/mol. The van der Waals surface area contributed by atoms with Crippen LogP contribution in [0.15, 0.2) is 102 Å². The number of thiophene rings is 1. The van der Waals surface area contributed by atoms with Gasteiger partial charge >= 0.3 is 12.3 Å². The average molecular weight is 1020 g/mol. The maximum absolute atomic E-state index is 14.2. The van der Waals surface area contributed by atoms with Crippen LogP contribution in [0.5, 0.6) is 5.75 Å². The minimum absolute atomic E-state index is 0.0620. The van der Waals surface area contributed by atoms with Crippen LogP contribution >= 0.6 is 27.3 Å². The minimum Gasteiger partial charge on any atom is -0.508 e. The van der Waals surface area contributed by atoms with Crippen molar-refractivity contribution < 1.29 is 41.7 Å². The SMILES string of the molecule is CN1CCC(Nc2cccc3c(CC(F)(F)F)c(C#CCN(C(=O)OC(C)(C)C)c4cc(O)cc(Br)c4)sc23)C(CCOCCOCCO[Si](c2ccccc2)(c2ccccc2)C(C)(C)C)C1. The molecule has 67 heavy (non-hydrogen) atoms. The number of piperidine rings is 1. The molecule has 5 aromatic rings. The van der Waals surface area contributed by atoms with Crippen LogP contribution in [0.3, 0.4) is 0 Å². The average Bonchev–Trinajstić information content (AvgIpc) is 3.59. The number of benzene rings is 4. The zero-order valence-corrected chi connectivity index (χ0v) is 42.9. The first kappa shape index (κ1) is 52.0. The van der Waals surface area contributed by atoms with E-state index in [1.54, 1.807) is 39.0 Å². The maximum Gasteiger partial charge on any atom is 0.415 e. The van der Waals surface area contributed by atoms with E-state index in [1.807, 2.05) is 18.2 Å². The van der Waals surface area contributed by atoms with E-state index in [9.17, 15) is 23.1 Å². The number of amides is 1. The summed E-state index contributed by atoms with van der Waals surface area (Å²) in [5, 5.41) is 16.8. The standard InChI is InChI=1S/C52H63BrF3N3O6SSi/c1-50(2,3)65-49(61)59(39-32-38(53)33-40(60)34-39)25-15-22-47-44(35-52(54,55)56)43-20-14-21-46(48(43)66-47)57-45-23-26-58(7)36-37(45)24-27-62-28-29-63-30-31-64-67(51(4,5)6,41-16-10-8-11-17-41)42-18-12-9-13-19-42/h8-14,16-21,32-34,37,45,57,60H,23-31,35-36H2,1-7H3. The number of carbonyl (C=O) groups is 1. The van der Waals surface area contributed by atoms with Crippen molar-refractivity contribution in [3.8, 4) is 17.6 Å². The van der Waals surface area contributed by atoms with Crippen molar-refractivity contribution in [2.75, 3.05) is 69.9 Å². The summed E-state index contributed by atoms with van der Waals surface area (Å²) < 4.78 is 68.4. The minimum atomic E-state index is -4.48. The van der Waals surface area contributed by atoms with E-state index in [-0.39, 0.29) is 39.7 Å². The summed E-state index contributed by atoms with van der Waals surface area (Å²) in [4.78, 5) is 17.2. The summed E-state index contributed by atoms with van der Waals surface area (Å²) in [7, 11) is -0.543. The molecule has 2 N–H and O–H groups in total. The molecule has 1 saturated heterocycles. The Morgan fingerprint density at radius 3 is 2.15 bits per heavy atom. The van der Waals surface area contributed by atoms with Crippen LogP contribution in [0.25, 0.3) is 10.1 Å². The maximum atomic E-state index is 14.2. The molecule has 0 saturated carbocycles. The number of hydrogen-bond acceptors (Lipinski definition) is 9. The fourth-order valence-corrected chi connectivity index (χ4v) is 14.9. The number of aromatic hydroxyl groups is 1. The molecule has 1 aliphatic heterocycles. The molecule has 0 bridgehead atoms. The molecule has 1 aliphatic rings. The van der Waals surface area contributed by atoms with Crippen molar-refractivity contribution in [2.45, 2.75) is 83.7 Å². The molecule has 2 unspecified atom stereocenters. The number of carbonyl (C=O) groups excluding carboxylic acids is 1. The van der Waals surface area contributed by atoms with Crippen LogP contribution in [-0.2, 0) is 25.1 Å². The Morgan fingerprint density at radius 1 is 0.896 bits per heavy atom. The van der Waals surface area contributed by atoms with Gasteiger partial charge in [-0.25, -0.2) is 4.79 Å². The van der Waals surface area contributed by atoms with E-state index in [1.165, 1.54) is 38.7 Å². The molecule has 1 fully saturated rings. The summed E-state index contributed by atoms with van der Waals surface area (Å²) in [5.41, 5.74) is 0.338. The van der Waals surface area contributed by atoms with Gasteiger partial charge in [0.25, 0.3) is 8.32 Å². The number of nitrogens with zero attached hydrogens (tertiary/aromatic N) is 2. The van der Waals surface area contributed by atoms with Crippen LogP contribution in [0.2, 0.25) is 5.04 Å². The lowest BCUT2D eigenvalue weighted by atomic mass is 9.89. The van der Waals surface area contributed by atoms with Gasteiger partial charge in [-0.2, -0.15) is 13.2 Å². The van der Waals surface area contributed by atoms with E-state index in [2.05, 4.69) is 114 Å². The normalized spacial score (nSPS) is 16.1. The van der Waals surface area contributed by atoms with Gasteiger partial charge in [0.2, 0.25) is 0 Å². The number of hydrogen-bond donors (Lipinski definition) is 2. The third-order valence-electron chi connectivity index (χ3n) is 11.7. The number of alkyl halides is 3. The van der Waals surface area contributed by atoms with Gasteiger partial charge in [-0.05, 0) is 97.7 Å². The van der Waals surface area contributed by atoms with E-state index in [4.69, 9.17) is 18.6 Å². The van der Waals surface area contributed by atoms with Gasteiger partial charge < -0.3 is 34.0 Å². The lowest BCUT2D eigenvalue weighted by molar-refractivity contribution is -0.127. The monoisotopic (exact) mass is 1020 g/mol. The summed E-state index contributed by atoms with van der Waals surface area (Å²) in [5.74, 6) is 6.06. The fourth-order valence-electron chi connectivity index (χ4n) is 8.72. The molecule has 2 heterocycles. The van der Waals surface area contributed by atoms with Gasteiger partial charge in [0, 0.05) is 29.7 Å². The van der Waals surface area contributed by atoms with E-state index >= 15 is 0 Å². The molecule has 15 heteroatoms. The van der Waals surface area contributed by atoms with Crippen molar-refractivity contribution >= 4 is 73.5 Å². The number of phenolic OH excluding ortho intramolecular Hbond substituents is 1. The van der Waals surface area contributed by atoms with Crippen LogP contribution in [0.4, 0.5) is 29.3 Å². The molecule has 9 nitrogen and oxygen atoms in total. The highest BCUT2D eigenvalue weighted by molar-refractivity contribution is 9.10. The first-order chi connectivity index (χ1) is 31.7. The van der Waals surface area contributed by atoms with E-state index in [0.717, 1.165) is 31.6 Å². The summed E-state index contributed by atoms with van der Waals surface area (Å²) in [6.45, 7) is 15.8. The molecule has 1 amide bonds. The van der Waals surface area contributed by atoms with Gasteiger partial charge in [-0.3, -0.25) is 4.90 Å². The third kappa shape index (κ3) is 14.1. The van der Waals surface area contributed by atoms with Gasteiger partial charge in [-0.15, -0.1) is 11.3 Å². The molecule has 0 radical (unpaired) electrons. The van der Waals surface area contributed by atoms with Crippen LogP contribution < -0.4 is 20.6 Å². The molecular formula is C52H63BrF3N3O6SSi. The van der Waals surface area contributed by atoms with Crippen LogP contribution in [-0.4, -0.2) is 102 Å². The molecule has 0 aliphatic carbocycles. The van der Waals surface area contributed by atoms with Crippen LogP contribution in [0.1, 0.15) is 64.8 Å². The fraction of sp³-hybridized carbons (Fsp3) is 0.442. The number of anilines is 2. The highest BCUT2D eigenvalue weighted by atomic mass is 79.9. The Kier molecular flexibility index (Phi) is 17.7. The van der Waals surface area contributed by atoms with E-state index < -0.39 is 32.6 Å². The summed E-state index contributed by atoms with van der Waals surface area (Å²) in [6, 6.07) is 31.1. The van der Waals surface area contributed by atoms with Gasteiger partial charge in [0.15, 0.2) is 0 Å². The number of nitrogens with one attached hydrogen (secondary N) is 1. The molecule has 4 aromatic carbocycles. The Labute approximate surface area is 407 Å². The lowest BCUT2D eigenvalue weighted by Crippen LogP contribution is -2.66. The smallest absolute Gasteiger partial charge is 0.415 e. The first-order valence-corrected chi connectivity index (χ1v) is 26.2. The number of fused-ring (bicyclic) bond motifs is 1. The molecule has 0 spiro atoms. The van der Waals surface area contributed by atoms with Crippen LogP contribution in [0, 0.1) is 17.8 Å². The molecule has 360 valence electrons. The number of rotatable bonds is 17. The van der Waals surface area contributed by atoms with Gasteiger partial charge in [0.1, 0.15) is 11.4 Å². The van der Waals surface area contributed by atoms with Crippen molar-refractivity contribution in [1.82, 2.24) is 4.90 Å². The van der Waals surface area contributed by atoms with Gasteiger partial charge in [0.05, 0.1) is 60.3 Å². The first-order valence-electron chi connectivity index (χ1n) is 22.7. The largest absolute Gasteiger partial charge is 0.508 e. The summed E-state index contributed by atoms with van der Waals surface area (Å²) >= 11 is 4.56. The number of ether oxygens (including phenoxy) is 3. The number of likely N-dealkylation sites (tertiary alicyclic amines) is 1. The highest BCUT2D eigenvalue weighted by Gasteiger charge is 2.50. The predicted octanol–water partition coefficient (Wildman–Crippen LogP) is 11.0. The summed E-state index contributed by atoms with van der Waals surface area (Å²) in [6.07, 6.45) is -4.70. The Morgan fingerprint density at radius 2 is 1.54 bits per heavy atom.